The topological polar surface area (TPSA) is 77.8 Å². The molecule has 0 aromatic carbocycles. The Morgan fingerprint density at radius 2 is 1.93 bits per heavy atom. The van der Waals surface area contributed by atoms with E-state index < -0.39 is 17.5 Å². The van der Waals surface area contributed by atoms with Gasteiger partial charge in [0.2, 0.25) is 0 Å². The van der Waals surface area contributed by atoms with Gasteiger partial charge in [-0.1, -0.05) is 0 Å². The zero-order valence-electron chi connectivity index (χ0n) is 8.19. The summed E-state index contributed by atoms with van der Waals surface area (Å²) in [5, 5.41) is 17.3. The average molecular weight is 201 g/mol. The van der Waals surface area contributed by atoms with Gasteiger partial charge in [-0.25, -0.2) is 0 Å². The molecule has 0 aromatic heterocycles. The van der Waals surface area contributed by atoms with Gasteiger partial charge in [0.1, 0.15) is 5.54 Å². The molecule has 5 heteroatoms. The van der Waals surface area contributed by atoms with Gasteiger partial charge in [-0.05, 0) is 32.9 Å². The predicted octanol–water partition coefficient (Wildman–Crippen LogP) is 0.400. The van der Waals surface area contributed by atoms with Gasteiger partial charge in [0.25, 0.3) is 0 Å². The molecule has 1 rings (SSSR count). The normalized spacial score (nSPS) is 18.1. The Morgan fingerprint density at radius 3 is 2.29 bits per heavy atom. The van der Waals surface area contributed by atoms with Crippen LogP contribution in [0.25, 0.3) is 0 Å². The van der Waals surface area contributed by atoms with E-state index in [4.69, 9.17) is 10.2 Å². The third-order valence-corrected chi connectivity index (χ3v) is 2.74. The molecule has 1 saturated carbocycles. The number of carbonyl (C=O) groups is 2. The average Bonchev–Trinajstić information content (AvgIpc) is 2.82. The van der Waals surface area contributed by atoms with E-state index >= 15 is 0 Å². The molecule has 80 valence electrons. The van der Waals surface area contributed by atoms with E-state index in [2.05, 4.69) is 0 Å². The Labute approximate surface area is 82.3 Å². The molecule has 1 aliphatic carbocycles. The molecule has 0 amide bonds. The molecule has 14 heavy (non-hydrogen) atoms. The Morgan fingerprint density at radius 1 is 1.36 bits per heavy atom. The van der Waals surface area contributed by atoms with E-state index in [-0.39, 0.29) is 6.42 Å². The lowest BCUT2D eigenvalue weighted by Crippen LogP contribution is -2.41. The second kappa shape index (κ2) is 3.96. The number of hydrogen-bond acceptors (Lipinski definition) is 3. The molecule has 0 aromatic rings. The summed E-state index contributed by atoms with van der Waals surface area (Å²) in [5.41, 5.74) is -0.696. The lowest BCUT2D eigenvalue weighted by Gasteiger charge is -2.23. The summed E-state index contributed by atoms with van der Waals surface area (Å²) in [6.45, 7) is 0.526. The van der Waals surface area contributed by atoms with Crippen LogP contribution in [0.5, 0.6) is 0 Å². The first kappa shape index (κ1) is 11.0. The summed E-state index contributed by atoms with van der Waals surface area (Å²) in [7, 11) is 1.74. The third-order valence-electron chi connectivity index (χ3n) is 2.74. The van der Waals surface area contributed by atoms with Gasteiger partial charge < -0.3 is 10.2 Å². The van der Waals surface area contributed by atoms with Crippen LogP contribution in [0.2, 0.25) is 0 Å². The Hall–Kier alpha value is -1.10. The van der Waals surface area contributed by atoms with Crippen LogP contribution in [0, 0.1) is 0 Å². The molecule has 0 heterocycles. The summed E-state index contributed by atoms with van der Waals surface area (Å²) in [6, 6.07) is 0. The van der Waals surface area contributed by atoms with Gasteiger partial charge in [-0.2, -0.15) is 0 Å². The molecule has 0 unspecified atom stereocenters. The number of nitrogens with zero attached hydrogens (tertiary/aromatic N) is 1. The second-order valence-corrected chi connectivity index (χ2v) is 3.76. The highest BCUT2D eigenvalue weighted by Gasteiger charge is 2.53. The molecule has 0 bridgehead atoms. The van der Waals surface area contributed by atoms with E-state index in [1.165, 1.54) is 0 Å². The van der Waals surface area contributed by atoms with Crippen LogP contribution < -0.4 is 0 Å². The largest absolute Gasteiger partial charge is 0.481 e. The van der Waals surface area contributed by atoms with Gasteiger partial charge in [0.05, 0.1) is 0 Å². The molecular weight excluding hydrogens is 186 g/mol. The minimum absolute atomic E-state index is 0.0973. The fraction of sp³-hybridized carbons (Fsp3) is 0.778. The summed E-state index contributed by atoms with van der Waals surface area (Å²) in [4.78, 5) is 22.9. The fourth-order valence-electron chi connectivity index (χ4n) is 1.56. The number of aliphatic carboxylic acids is 2. The number of carboxylic acids is 2. The number of likely N-dealkylation sites (N-methyl/N-ethyl adjacent to an activating group) is 1. The van der Waals surface area contributed by atoms with Crippen LogP contribution in [0.3, 0.4) is 0 Å². The monoisotopic (exact) mass is 201 g/mol. The van der Waals surface area contributed by atoms with Crippen LogP contribution in [0.1, 0.15) is 25.7 Å². The predicted molar refractivity (Wildman–Crippen MR) is 49.1 cm³/mol. The van der Waals surface area contributed by atoms with Gasteiger partial charge in [0, 0.05) is 6.42 Å². The van der Waals surface area contributed by atoms with Crippen molar-refractivity contribution in [1.29, 1.82) is 0 Å². The van der Waals surface area contributed by atoms with E-state index in [1.54, 1.807) is 11.9 Å². The Bertz CT molecular complexity index is 247. The van der Waals surface area contributed by atoms with E-state index in [9.17, 15) is 9.59 Å². The molecular formula is C9H15NO4. The van der Waals surface area contributed by atoms with E-state index in [0.29, 0.717) is 25.8 Å². The zero-order valence-corrected chi connectivity index (χ0v) is 8.19. The van der Waals surface area contributed by atoms with Crippen LogP contribution in [-0.4, -0.2) is 46.2 Å². The zero-order chi connectivity index (χ0) is 10.8. The van der Waals surface area contributed by atoms with Crippen molar-refractivity contribution in [3.8, 4) is 0 Å². The molecule has 0 aliphatic heterocycles. The van der Waals surface area contributed by atoms with Crippen molar-refractivity contribution in [3.63, 3.8) is 0 Å². The van der Waals surface area contributed by atoms with Crippen molar-refractivity contribution in [2.24, 2.45) is 0 Å². The first-order valence-electron chi connectivity index (χ1n) is 4.65. The Balaban J connectivity index is 2.32. The van der Waals surface area contributed by atoms with Gasteiger partial charge >= 0.3 is 11.9 Å². The maximum absolute atomic E-state index is 10.9. The third kappa shape index (κ3) is 2.23. The van der Waals surface area contributed by atoms with Crippen molar-refractivity contribution in [1.82, 2.24) is 4.90 Å². The molecule has 2 N–H and O–H groups in total. The van der Waals surface area contributed by atoms with Crippen molar-refractivity contribution in [3.05, 3.63) is 0 Å². The van der Waals surface area contributed by atoms with Gasteiger partial charge in [0.15, 0.2) is 0 Å². The van der Waals surface area contributed by atoms with Crippen molar-refractivity contribution < 1.29 is 19.8 Å². The lowest BCUT2D eigenvalue weighted by molar-refractivity contribution is -0.144. The van der Waals surface area contributed by atoms with Crippen LogP contribution in [-0.2, 0) is 9.59 Å². The summed E-state index contributed by atoms with van der Waals surface area (Å²) in [5.74, 6) is -1.63. The molecule has 0 radical (unpaired) electrons. The van der Waals surface area contributed by atoms with Crippen LogP contribution >= 0.6 is 0 Å². The fourth-order valence-corrected chi connectivity index (χ4v) is 1.56. The minimum atomic E-state index is -0.835. The maximum atomic E-state index is 10.9. The minimum Gasteiger partial charge on any atom is -0.481 e. The maximum Gasteiger partial charge on any atom is 0.324 e. The smallest absolute Gasteiger partial charge is 0.324 e. The van der Waals surface area contributed by atoms with Crippen molar-refractivity contribution in [2.75, 3.05) is 13.6 Å². The number of carboxylic acid groups (broad SMARTS) is 2. The highest BCUT2D eigenvalue weighted by atomic mass is 16.4. The number of rotatable bonds is 6. The quantitative estimate of drug-likeness (QED) is 0.650. The Kier molecular flexibility index (Phi) is 3.10. The highest BCUT2D eigenvalue weighted by Crippen LogP contribution is 2.41. The second-order valence-electron chi connectivity index (χ2n) is 3.76. The molecule has 0 spiro atoms. The number of hydrogen-bond donors (Lipinski definition) is 2. The molecule has 0 saturated heterocycles. The molecule has 1 aliphatic rings. The first-order chi connectivity index (χ1) is 6.49. The summed E-state index contributed by atoms with van der Waals surface area (Å²) < 4.78 is 0. The summed E-state index contributed by atoms with van der Waals surface area (Å²) >= 11 is 0. The van der Waals surface area contributed by atoms with Crippen molar-refractivity contribution >= 4 is 11.9 Å². The van der Waals surface area contributed by atoms with Gasteiger partial charge in [-0.3, -0.25) is 14.5 Å². The summed E-state index contributed by atoms with van der Waals surface area (Å²) in [6.07, 6.45) is 1.94. The highest BCUT2D eigenvalue weighted by molar-refractivity contribution is 5.82. The van der Waals surface area contributed by atoms with Crippen LogP contribution in [0.4, 0.5) is 0 Å². The van der Waals surface area contributed by atoms with Crippen molar-refractivity contribution in [2.45, 2.75) is 31.2 Å². The molecule has 0 atom stereocenters. The lowest BCUT2D eigenvalue weighted by atomic mass is 10.2. The van der Waals surface area contributed by atoms with E-state index in [0.717, 1.165) is 0 Å². The first-order valence-corrected chi connectivity index (χ1v) is 4.65. The van der Waals surface area contributed by atoms with Crippen LogP contribution in [0.15, 0.2) is 0 Å². The van der Waals surface area contributed by atoms with Gasteiger partial charge in [-0.15, -0.1) is 0 Å². The SMILES string of the molecule is CN(CCCC(=O)O)C1(C(=O)O)CC1. The van der Waals surface area contributed by atoms with E-state index in [1.807, 2.05) is 0 Å². The molecule has 1 fully saturated rings. The molecule has 5 nitrogen and oxygen atoms in total. The standard InChI is InChI=1S/C9H15NO4/c1-10(6-2-3-7(11)12)9(4-5-9)8(13)14/h2-6H2,1H3,(H,11,12)(H,13,14).